The van der Waals surface area contributed by atoms with Gasteiger partial charge in [-0.15, -0.1) is 0 Å². The lowest BCUT2D eigenvalue weighted by atomic mass is 10.1. The molecule has 1 amide bonds. The van der Waals surface area contributed by atoms with Gasteiger partial charge >= 0.3 is 0 Å². The monoisotopic (exact) mass is 273 g/mol. The number of para-hydroxylation sites is 1. The fourth-order valence-electron chi connectivity index (χ4n) is 2.72. The molecule has 4 nitrogen and oxygen atoms in total. The fraction of sp³-hybridized carbons (Fsp3) is 0.562. The molecule has 1 fully saturated rings. The van der Waals surface area contributed by atoms with Crippen molar-refractivity contribution in [3.8, 4) is 0 Å². The van der Waals surface area contributed by atoms with Gasteiger partial charge in [-0.3, -0.25) is 4.79 Å². The minimum Gasteiger partial charge on any atom is -0.373 e. The summed E-state index contributed by atoms with van der Waals surface area (Å²) in [5.74, 6) is 1.04. The number of amides is 1. The third kappa shape index (κ3) is 3.12. The Bertz CT molecular complexity index is 484. The van der Waals surface area contributed by atoms with Crippen LogP contribution in [0, 0.1) is 5.92 Å². The van der Waals surface area contributed by atoms with Gasteiger partial charge in [-0.2, -0.15) is 0 Å². The van der Waals surface area contributed by atoms with E-state index < -0.39 is 0 Å². The zero-order valence-electron chi connectivity index (χ0n) is 12.1. The highest BCUT2D eigenvalue weighted by Crippen LogP contribution is 2.27. The van der Waals surface area contributed by atoms with Gasteiger partial charge in [0.2, 0.25) is 5.91 Å². The number of hydrogen-bond donors (Lipinski definition) is 1. The molecule has 0 spiro atoms. The SMILES string of the molecule is CN1CCN(C(=O)CNCC2CC2)Cc2ccccc21. The third-order valence-corrected chi connectivity index (χ3v) is 4.23. The smallest absolute Gasteiger partial charge is 0.236 e. The first kappa shape index (κ1) is 13.4. The number of benzene rings is 1. The lowest BCUT2D eigenvalue weighted by molar-refractivity contribution is -0.130. The van der Waals surface area contributed by atoms with Crippen molar-refractivity contribution >= 4 is 11.6 Å². The number of anilines is 1. The van der Waals surface area contributed by atoms with E-state index in [0.717, 1.165) is 32.1 Å². The second kappa shape index (κ2) is 5.83. The highest BCUT2D eigenvalue weighted by molar-refractivity contribution is 5.78. The molecule has 4 heteroatoms. The van der Waals surface area contributed by atoms with E-state index in [4.69, 9.17) is 0 Å². The van der Waals surface area contributed by atoms with E-state index in [0.29, 0.717) is 6.54 Å². The van der Waals surface area contributed by atoms with Gasteiger partial charge in [-0.25, -0.2) is 0 Å². The maximum atomic E-state index is 12.3. The Labute approximate surface area is 120 Å². The van der Waals surface area contributed by atoms with Crippen molar-refractivity contribution in [3.63, 3.8) is 0 Å². The summed E-state index contributed by atoms with van der Waals surface area (Å²) in [6.45, 7) is 3.89. The number of hydrogen-bond acceptors (Lipinski definition) is 3. The van der Waals surface area contributed by atoms with Crippen LogP contribution in [0.15, 0.2) is 24.3 Å². The number of nitrogens with zero attached hydrogens (tertiary/aromatic N) is 2. The van der Waals surface area contributed by atoms with Gasteiger partial charge in [0.05, 0.1) is 6.54 Å². The molecule has 2 aliphatic rings. The molecule has 1 aromatic carbocycles. The summed E-state index contributed by atoms with van der Waals surface area (Å²) < 4.78 is 0. The Morgan fingerprint density at radius 1 is 1.30 bits per heavy atom. The first-order valence-electron chi connectivity index (χ1n) is 7.51. The number of fused-ring (bicyclic) bond motifs is 1. The number of likely N-dealkylation sites (N-methyl/N-ethyl adjacent to an activating group) is 1. The Hall–Kier alpha value is -1.55. The van der Waals surface area contributed by atoms with Crippen LogP contribution in [0.1, 0.15) is 18.4 Å². The maximum absolute atomic E-state index is 12.3. The van der Waals surface area contributed by atoms with Crippen LogP contribution < -0.4 is 10.2 Å². The molecule has 0 atom stereocenters. The summed E-state index contributed by atoms with van der Waals surface area (Å²) in [5, 5.41) is 3.30. The largest absolute Gasteiger partial charge is 0.373 e. The van der Waals surface area contributed by atoms with Crippen LogP contribution in [0.3, 0.4) is 0 Å². The van der Waals surface area contributed by atoms with Crippen LogP contribution in [0.4, 0.5) is 5.69 Å². The van der Waals surface area contributed by atoms with Crippen molar-refractivity contribution in [1.82, 2.24) is 10.2 Å². The predicted octanol–water partition coefficient (Wildman–Crippen LogP) is 1.46. The molecular formula is C16H23N3O. The van der Waals surface area contributed by atoms with Crippen LogP contribution in [-0.2, 0) is 11.3 Å². The van der Waals surface area contributed by atoms with Gasteiger partial charge in [0.1, 0.15) is 0 Å². The van der Waals surface area contributed by atoms with Crippen molar-refractivity contribution in [1.29, 1.82) is 0 Å². The second-order valence-corrected chi connectivity index (χ2v) is 5.94. The number of nitrogens with one attached hydrogen (secondary N) is 1. The number of carbonyl (C=O) groups is 1. The highest BCUT2D eigenvalue weighted by atomic mass is 16.2. The van der Waals surface area contributed by atoms with E-state index in [9.17, 15) is 4.79 Å². The highest BCUT2D eigenvalue weighted by Gasteiger charge is 2.23. The van der Waals surface area contributed by atoms with Gasteiger partial charge in [0.25, 0.3) is 0 Å². The first-order chi connectivity index (χ1) is 9.74. The average molecular weight is 273 g/mol. The van der Waals surface area contributed by atoms with Crippen molar-refractivity contribution in [2.24, 2.45) is 5.92 Å². The molecule has 1 N–H and O–H groups in total. The molecule has 0 unspecified atom stereocenters. The molecule has 1 aliphatic heterocycles. The van der Waals surface area contributed by atoms with Crippen molar-refractivity contribution in [2.45, 2.75) is 19.4 Å². The summed E-state index contributed by atoms with van der Waals surface area (Å²) in [6.07, 6.45) is 2.64. The Kier molecular flexibility index (Phi) is 3.92. The molecule has 108 valence electrons. The van der Waals surface area contributed by atoms with Crippen LogP contribution in [-0.4, -0.2) is 44.0 Å². The standard InChI is InChI=1S/C16H23N3O/c1-18-8-9-19(12-14-4-2-3-5-15(14)18)16(20)11-17-10-13-6-7-13/h2-5,13,17H,6-12H2,1H3. The van der Waals surface area contributed by atoms with E-state index in [1.165, 1.54) is 24.1 Å². The van der Waals surface area contributed by atoms with Crippen LogP contribution in [0.2, 0.25) is 0 Å². The molecule has 20 heavy (non-hydrogen) atoms. The molecular weight excluding hydrogens is 250 g/mol. The molecule has 1 saturated carbocycles. The van der Waals surface area contributed by atoms with Crippen molar-refractivity contribution in [3.05, 3.63) is 29.8 Å². The van der Waals surface area contributed by atoms with E-state index in [-0.39, 0.29) is 5.91 Å². The van der Waals surface area contributed by atoms with E-state index in [1.807, 2.05) is 11.0 Å². The Morgan fingerprint density at radius 2 is 2.10 bits per heavy atom. The molecule has 0 aromatic heterocycles. The van der Waals surface area contributed by atoms with E-state index in [2.05, 4.69) is 35.5 Å². The van der Waals surface area contributed by atoms with Crippen LogP contribution >= 0.6 is 0 Å². The summed E-state index contributed by atoms with van der Waals surface area (Å²) in [7, 11) is 2.10. The summed E-state index contributed by atoms with van der Waals surface area (Å²) in [6, 6.07) is 8.36. The van der Waals surface area contributed by atoms with Gasteiger partial charge in [0.15, 0.2) is 0 Å². The molecule has 1 aliphatic carbocycles. The quantitative estimate of drug-likeness (QED) is 0.902. The van der Waals surface area contributed by atoms with Gasteiger partial charge in [-0.05, 0) is 36.9 Å². The summed E-state index contributed by atoms with van der Waals surface area (Å²) >= 11 is 0. The lowest BCUT2D eigenvalue weighted by Crippen LogP contribution is -2.40. The fourth-order valence-corrected chi connectivity index (χ4v) is 2.72. The topological polar surface area (TPSA) is 35.6 Å². The van der Waals surface area contributed by atoms with Crippen LogP contribution in [0.25, 0.3) is 0 Å². The van der Waals surface area contributed by atoms with E-state index in [1.54, 1.807) is 0 Å². The Balaban J connectivity index is 1.61. The van der Waals surface area contributed by atoms with Gasteiger partial charge < -0.3 is 15.1 Å². The minimum absolute atomic E-state index is 0.218. The van der Waals surface area contributed by atoms with Crippen molar-refractivity contribution in [2.75, 3.05) is 38.1 Å². The average Bonchev–Trinajstić information content (AvgIpc) is 3.27. The zero-order chi connectivity index (χ0) is 13.9. The molecule has 3 rings (SSSR count). The molecule has 0 radical (unpaired) electrons. The normalized spacial score (nSPS) is 18.6. The van der Waals surface area contributed by atoms with Crippen molar-refractivity contribution < 1.29 is 4.79 Å². The number of carbonyl (C=O) groups excluding carboxylic acids is 1. The second-order valence-electron chi connectivity index (χ2n) is 5.94. The first-order valence-corrected chi connectivity index (χ1v) is 7.51. The Morgan fingerprint density at radius 3 is 2.90 bits per heavy atom. The summed E-state index contributed by atoms with van der Waals surface area (Å²) in [5.41, 5.74) is 2.48. The van der Waals surface area contributed by atoms with E-state index >= 15 is 0 Å². The van der Waals surface area contributed by atoms with Gasteiger partial charge in [-0.1, -0.05) is 18.2 Å². The van der Waals surface area contributed by atoms with Gasteiger partial charge in [0, 0.05) is 32.4 Å². The minimum atomic E-state index is 0.218. The lowest BCUT2D eigenvalue weighted by Gasteiger charge is -2.21. The maximum Gasteiger partial charge on any atom is 0.236 e. The van der Waals surface area contributed by atoms with Crippen LogP contribution in [0.5, 0.6) is 0 Å². The molecule has 0 saturated heterocycles. The zero-order valence-corrected chi connectivity index (χ0v) is 12.1. The number of rotatable bonds is 4. The summed E-state index contributed by atoms with van der Waals surface area (Å²) in [4.78, 5) is 16.5. The predicted molar refractivity (Wildman–Crippen MR) is 80.7 cm³/mol. The molecule has 0 bridgehead atoms. The molecule has 1 heterocycles. The molecule has 1 aromatic rings. The third-order valence-electron chi connectivity index (χ3n) is 4.23.